The molecule has 3 aromatic rings. The molecule has 5 N–H and O–H groups in total. The van der Waals surface area contributed by atoms with E-state index in [0.29, 0.717) is 30.0 Å². The zero-order valence-corrected chi connectivity index (χ0v) is 24.8. The summed E-state index contributed by atoms with van der Waals surface area (Å²) in [5.74, 6) is -2.30. The fraction of sp³-hybridized carbons (Fsp3) is 0.182. The summed E-state index contributed by atoms with van der Waals surface area (Å²) in [6.07, 6.45) is 3.73. The van der Waals surface area contributed by atoms with Crippen LogP contribution in [0.3, 0.4) is 0 Å². The van der Waals surface area contributed by atoms with E-state index in [9.17, 15) is 24.0 Å². The van der Waals surface area contributed by atoms with E-state index in [1.165, 1.54) is 6.08 Å². The maximum atomic E-state index is 12.3. The van der Waals surface area contributed by atoms with Gasteiger partial charge in [0.15, 0.2) is 11.5 Å². The minimum absolute atomic E-state index is 0.0263. The second-order valence-corrected chi connectivity index (χ2v) is 9.09. The third-order valence-corrected chi connectivity index (χ3v) is 5.80. The molecule has 0 atom stereocenters. The lowest BCUT2D eigenvalue weighted by molar-refractivity contribution is -0.137. The van der Waals surface area contributed by atoms with Crippen LogP contribution in [0.1, 0.15) is 27.9 Å². The number of nitrogens with one attached hydrogen (secondary N) is 3. The van der Waals surface area contributed by atoms with Crippen LogP contribution in [-0.4, -0.2) is 67.2 Å². The predicted octanol–water partition coefficient (Wildman–Crippen LogP) is 3.05. The molecular formula is C33H35N3O9. The van der Waals surface area contributed by atoms with Gasteiger partial charge >= 0.3 is 11.9 Å². The Morgan fingerprint density at radius 1 is 0.756 bits per heavy atom. The van der Waals surface area contributed by atoms with Crippen LogP contribution in [0.2, 0.25) is 0 Å². The largest absolute Gasteiger partial charge is 0.493 e. The average Bonchev–Trinajstić information content (AvgIpc) is 3.04. The first-order chi connectivity index (χ1) is 21.6. The van der Waals surface area contributed by atoms with Gasteiger partial charge < -0.3 is 35.6 Å². The van der Waals surface area contributed by atoms with Crippen molar-refractivity contribution in [1.82, 2.24) is 16.0 Å². The van der Waals surface area contributed by atoms with Gasteiger partial charge in [0.1, 0.15) is 5.70 Å². The molecule has 0 spiro atoms. The normalized spacial score (nSPS) is 10.6. The van der Waals surface area contributed by atoms with Gasteiger partial charge in [-0.05, 0) is 47.9 Å². The predicted molar refractivity (Wildman–Crippen MR) is 167 cm³/mol. The van der Waals surface area contributed by atoms with Crippen molar-refractivity contribution in [3.8, 4) is 11.5 Å². The molecule has 12 nitrogen and oxygen atoms in total. The van der Waals surface area contributed by atoms with E-state index in [-0.39, 0.29) is 18.7 Å². The molecule has 0 aromatic heterocycles. The van der Waals surface area contributed by atoms with Gasteiger partial charge in [-0.25, -0.2) is 4.79 Å². The highest BCUT2D eigenvalue weighted by Gasteiger charge is 2.14. The maximum Gasteiger partial charge on any atom is 0.328 e. The number of carboxylic acid groups (broad SMARTS) is 2. The van der Waals surface area contributed by atoms with Crippen molar-refractivity contribution in [3.05, 3.63) is 113 Å². The van der Waals surface area contributed by atoms with Crippen LogP contribution in [0.25, 0.3) is 6.08 Å². The summed E-state index contributed by atoms with van der Waals surface area (Å²) in [5, 5.41) is 24.7. The fourth-order valence-corrected chi connectivity index (χ4v) is 3.61. The molecule has 3 rings (SSSR count). The quantitative estimate of drug-likeness (QED) is 0.170. The Morgan fingerprint density at radius 3 is 2.00 bits per heavy atom. The average molecular weight is 618 g/mol. The third-order valence-electron chi connectivity index (χ3n) is 5.80. The molecule has 12 heteroatoms. The van der Waals surface area contributed by atoms with Crippen molar-refractivity contribution in [2.45, 2.75) is 12.8 Å². The third kappa shape index (κ3) is 13.7. The van der Waals surface area contributed by atoms with Gasteiger partial charge in [0, 0.05) is 30.8 Å². The van der Waals surface area contributed by atoms with Crippen molar-refractivity contribution in [2.75, 3.05) is 27.3 Å². The standard InChI is InChI=1S/C19H18N2O4.C14H17NO5/c22-17(23)11-12-20-19(25)16(13-14-7-3-1-4-8-14)21-18(24)15-9-5-2-6-10-15;1-19-11-4-3-10(9-12(11)20-2)7-8-15-13(16)5-6-14(17)18/h1-10,13H,11-12H2,(H,20,25)(H,21,24)(H,22,23);3-6,9H,7-8H2,1-2H3,(H,15,16)(H,17,18)/b;6-5-. The monoisotopic (exact) mass is 617 g/mol. The van der Waals surface area contributed by atoms with Gasteiger partial charge in [-0.1, -0.05) is 54.6 Å². The maximum absolute atomic E-state index is 12.3. The van der Waals surface area contributed by atoms with E-state index in [1.54, 1.807) is 62.8 Å². The van der Waals surface area contributed by atoms with E-state index in [2.05, 4.69) is 16.0 Å². The number of rotatable bonds is 14. The van der Waals surface area contributed by atoms with E-state index < -0.39 is 29.7 Å². The molecule has 45 heavy (non-hydrogen) atoms. The Kier molecular flexibility index (Phi) is 15.1. The van der Waals surface area contributed by atoms with E-state index in [0.717, 1.165) is 23.3 Å². The summed E-state index contributed by atoms with van der Waals surface area (Å²) >= 11 is 0. The van der Waals surface area contributed by atoms with E-state index >= 15 is 0 Å². The van der Waals surface area contributed by atoms with Crippen LogP contribution < -0.4 is 25.4 Å². The Hall–Kier alpha value is -5.91. The summed E-state index contributed by atoms with van der Waals surface area (Å²) in [7, 11) is 3.12. The van der Waals surface area contributed by atoms with E-state index in [4.69, 9.17) is 19.7 Å². The molecule has 0 aliphatic carbocycles. The van der Waals surface area contributed by atoms with Gasteiger partial charge in [0.05, 0.1) is 20.6 Å². The number of benzene rings is 3. The van der Waals surface area contributed by atoms with Crippen molar-refractivity contribution in [1.29, 1.82) is 0 Å². The van der Waals surface area contributed by atoms with Crippen molar-refractivity contribution < 1.29 is 43.7 Å². The molecule has 0 unspecified atom stereocenters. The van der Waals surface area contributed by atoms with Crippen LogP contribution in [0.4, 0.5) is 0 Å². The summed E-state index contributed by atoms with van der Waals surface area (Å²) < 4.78 is 10.3. The first-order valence-corrected chi connectivity index (χ1v) is 13.7. The van der Waals surface area contributed by atoms with Gasteiger partial charge in [-0.3, -0.25) is 19.2 Å². The zero-order valence-electron chi connectivity index (χ0n) is 24.8. The molecule has 0 radical (unpaired) electrons. The number of carbonyl (C=O) groups is 5. The summed E-state index contributed by atoms with van der Waals surface area (Å²) in [6.45, 7) is 0.375. The minimum Gasteiger partial charge on any atom is -0.493 e. The first kappa shape index (κ1) is 35.3. The Balaban J connectivity index is 0.000000322. The number of aliphatic carboxylic acids is 2. The highest BCUT2D eigenvalue weighted by Crippen LogP contribution is 2.27. The summed E-state index contributed by atoms with van der Waals surface area (Å²) in [4.78, 5) is 56.7. The molecule has 3 aromatic carbocycles. The molecule has 0 saturated carbocycles. The number of hydrogen-bond acceptors (Lipinski definition) is 7. The number of ether oxygens (including phenoxy) is 2. The smallest absolute Gasteiger partial charge is 0.328 e. The number of methoxy groups -OCH3 is 2. The van der Waals surface area contributed by atoms with Crippen LogP contribution in [-0.2, 0) is 25.6 Å². The van der Waals surface area contributed by atoms with Crippen molar-refractivity contribution >= 4 is 35.7 Å². The fourth-order valence-electron chi connectivity index (χ4n) is 3.61. The molecule has 0 aliphatic rings. The molecule has 0 fully saturated rings. The minimum atomic E-state index is -1.15. The Labute approximate surface area is 260 Å². The van der Waals surface area contributed by atoms with Gasteiger partial charge in [0.25, 0.3) is 11.8 Å². The van der Waals surface area contributed by atoms with E-state index in [1.807, 2.05) is 30.3 Å². The summed E-state index contributed by atoms with van der Waals surface area (Å²) in [5.41, 5.74) is 2.18. The topological polar surface area (TPSA) is 180 Å². The van der Waals surface area contributed by atoms with Crippen molar-refractivity contribution in [2.24, 2.45) is 0 Å². The summed E-state index contributed by atoms with van der Waals surface area (Å²) in [6, 6.07) is 23.1. The molecule has 0 heterocycles. The SMILES string of the molecule is COc1ccc(CCNC(=O)/C=C\C(=O)O)cc1OC.O=C(O)CCNC(=O)C(=Cc1ccccc1)NC(=O)c1ccccc1. The Morgan fingerprint density at radius 2 is 1.40 bits per heavy atom. The molecule has 0 saturated heterocycles. The second kappa shape index (κ2) is 19.3. The van der Waals surface area contributed by atoms with Crippen LogP contribution in [0.15, 0.2) is 96.7 Å². The number of hydrogen-bond donors (Lipinski definition) is 5. The molecule has 0 aliphatic heterocycles. The van der Waals surface area contributed by atoms with Gasteiger partial charge in [-0.2, -0.15) is 0 Å². The molecular weight excluding hydrogens is 582 g/mol. The lowest BCUT2D eigenvalue weighted by atomic mass is 10.1. The highest BCUT2D eigenvalue weighted by atomic mass is 16.5. The van der Waals surface area contributed by atoms with Crippen LogP contribution >= 0.6 is 0 Å². The van der Waals surface area contributed by atoms with Crippen LogP contribution in [0, 0.1) is 0 Å². The lowest BCUT2D eigenvalue weighted by Crippen LogP contribution is -2.35. The highest BCUT2D eigenvalue weighted by molar-refractivity contribution is 6.05. The molecule has 0 bridgehead atoms. The van der Waals surface area contributed by atoms with Gasteiger partial charge in [-0.15, -0.1) is 0 Å². The molecule has 236 valence electrons. The number of carboxylic acids is 2. The molecule has 3 amide bonds. The zero-order chi connectivity index (χ0) is 33.0. The number of amides is 3. The Bertz CT molecular complexity index is 1500. The number of carbonyl (C=O) groups excluding carboxylic acids is 3. The lowest BCUT2D eigenvalue weighted by Gasteiger charge is -2.11. The van der Waals surface area contributed by atoms with Crippen molar-refractivity contribution in [3.63, 3.8) is 0 Å². The van der Waals surface area contributed by atoms with Crippen LogP contribution in [0.5, 0.6) is 11.5 Å². The van der Waals surface area contributed by atoms with Gasteiger partial charge in [0.2, 0.25) is 5.91 Å². The first-order valence-electron chi connectivity index (χ1n) is 13.7. The second-order valence-electron chi connectivity index (χ2n) is 9.09.